The first-order valence-electron chi connectivity index (χ1n) is 8.21. The molecule has 0 saturated heterocycles. The quantitative estimate of drug-likeness (QED) is 0.605. The molecular weight excluding hydrogens is 328 g/mol. The number of para-hydroxylation sites is 2. The van der Waals surface area contributed by atoms with E-state index < -0.39 is 0 Å². The Balaban J connectivity index is 0.000000152. The number of aryl methyl sites for hydroxylation is 1. The Morgan fingerprint density at radius 2 is 1.35 bits per heavy atom. The van der Waals surface area contributed by atoms with Gasteiger partial charge in [-0.25, -0.2) is 9.36 Å². The van der Waals surface area contributed by atoms with Crippen LogP contribution in [0.25, 0.3) is 11.4 Å². The summed E-state index contributed by atoms with van der Waals surface area (Å²) in [5.41, 5.74) is 2.68. The Kier molecular flexibility index (Phi) is 5.03. The Morgan fingerprint density at radius 1 is 0.769 bits per heavy atom. The van der Waals surface area contributed by atoms with Gasteiger partial charge in [0.15, 0.2) is 0 Å². The molecule has 0 atom stereocenters. The molecule has 0 aliphatic rings. The van der Waals surface area contributed by atoms with Gasteiger partial charge >= 0.3 is 0 Å². The second-order valence-electron chi connectivity index (χ2n) is 5.77. The average Bonchev–Trinajstić information content (AvgIpc) is 3.20. The van der Waals surface area contributed by atoms with Crippen LogP contribution in [0.3, 0.4) is 0 Å². The predicted molar refractivity (Wildman–Crippen MR) is 102 cm³/mol. The van der Waals surface area contributed by atoms with Gasteiger partial charge < -0.3 is 0 Å². The third kappa shape index (κ3) is 3.59. The van der Waals surface area contributed by atoms with Gasteiger partial charge in [0.2, 0.25) is 0 Å². The van der Waals surface area contributed by atoms with Crippen molar-refractivity contribution in [1.82, 2.24) is 19.1 Å². The summed E-state index contributed by atoms with van der Waals surface area (Å²) in [5, 5.41) is 2.83. The van der Waals surface area contributed by atoms with Gasteiger partial charge in [0.05, 0.1) is 11.4 Å². The number of hydrogen-bond donors (Lipinski definition) is 1. The lowest BCUT2D eigenvalue weighted by molar-refractivity contribution is 0.630. The third-order valence-electron chi connectivity index (χ3n) is 4.02. The van der Waals surface area contributed by atoms with Gasteiger partial charge in [0, 0.05) is 31.1 Å². The van der Waals surface area contributed by atoms with Gasteiger partial charge in [-0.2, -0.15) is 0 Å². The zero-order valence-corrected chi connectivity index (χ0v) is 14.7. The highest BCUT2D eigenvalue weighted by atomic mass is 16.1. The molecule has 6 heteroatoms. The summed E-state index contributed by atoms with van der Waals surface area (Å²) in [6, 6.07) is 22.2. The number of H-pyrrole nitrogens is 1. The number of aromatic nitrogens is 4. The maximum atomic E-state index is 11.6. The number of benzene rings is 2. The topological polar surface area (TPSA) is 64.7 Å². The highest BCUT2D eigenvalue weighted by Crippen LogP contribution is 2.05. The molecule has 1 N–H and O–H groups in total. The number of nitrogens with one attached hydrogen (secondary N) is 1. The Hall–Kier alpha value is -3.54. The SMILES string of the molecule is Cc1cc(=O)n(-c2ccccc2)n1C.O=c1cc[nH]n1-c1ccccc1. The summed E-state index contributed by atoms with van der Waals surface area (Å²) >= 11 is 0. The first kappa shape index (κ1) is 17.3. The van der Waals surface area contributed by atoms with Crippen LogP contribution in [0.4, 0.5) is 0 Å². The molecule has 6 nitrogen and oxygen atoms in total. The van der Waals surface area contributed by atoms with Gasteiger partial charge in [-0.3, -0.25) is 19.4 Å². The molecule has 0 fully saturated rings. The largest absolute Gasteiger partial charge is 0.298 e. The van der Waals surface area contributed by atoms with Gasteiger partial charge in [-0.15, -0.1) is 0 Å². The van der Waals surface area contributed by atoms with Crippen LogP contribution in [0, 0.1) is 6.92 Å². The van der Waals surface area contributed by atoms with E-state index in [0.717, 1.165) is 17.1 Å². The lowest BCUT2D eigenvalue weighted by Gasteiger charge is -2.07. The highest BCUT2D eigenvalue weighted by Gasteiger charge is 2.05. The summed E-state index contributed by atoms with van der Waals surface area (Å²) in [4.78, 5) is 22.8. The molecule has 132 valence electrons. The molecule has 0 saturated carbocycles. The van der Waals surface area contributed by atoms with Crippen LogP contribution in [-0.4, -0.2) is 19.1 Å². The summed E-state index contributed by atoms with van der Waals surface area (Å²) in [5.74, 6) is 0. The first-order valence-corrected chi connectivity index (χ1v) is 8.21. The fourth-order valence-electron chi connectivity index (χ4n) is 2.61. The number of hydrogen-bond acceptors (Lipinski definition) is 2. The highest BCUT2D eigenvalue weighted by molar-refractivity contribution is 5.31. The summed E-state index contributed by atoms with van der Waals surface area (Å²) in [6.07, 6.45) is 1.62. The predicted octanol–water partition coefficient (Wildman–Crippen LogP) is 2.65. The second-order valence-corrected chi connectivity index (χ2v) is 5.77. The first-order chi connectivity index (χ1) is 12.6. The molecule has 0 spiro atoms. The van der Waals surface area contributed by atoms with Crippen LogP contribution >= 0.6 is 0 Å². The Bertz CT molecular complexity index is 1090. The normalized spacial score (nSPS) is 10.2. The Labute approximate surface area is 150 Å². The monoisotopic (exact) mass is 348 g/mol. The van der Waals surface area contributed by atoms with E-state index in [1.807, 2.05) is 79.3 Å². The molecule has 0 radical (unpaired) electrons. The van der Waals surface area contributed by atoms with E-state index in [1.165, 1.54) is 10.7 Å². The van der Waals surface area contributed by atoms with Crippen LogP contribution in [0.2, 0.25) is 0 Å². The van der Waals surface area contributed by atoms with Crippen molar-refractivity contribution in [1.29, 1.82) is 0 Å². The van der Waals surface area contributed by atoms with E-state index in [0.29, 0.717) is 0 Å². The van der Waals surface area contributed by atoms with Crippen LogP contribution < -0.4 is 11.1 Å². The minimum atomic E-state index is -0.0406. The number of rotatable bonds is 2. The molecule has 0 unspecified atom stereocenters. The van der Waals surface area contributed by atoms with Crippen molar-refractivity contribution in [2.75, 3.05) is 0 Å². The maximum Gasteiger partial charge on any atom is 0.271 e. The van der Waals surface area contributed by atoms with Crippen molar-refractivity contribution in [2.24, 2.45) is 7.05 Å². The standard InChI is InChI=1S/C11H12N2O.C9H8N2O/c1-9-8-11(14)13(12(9)2)10-6-4-3-5-7-10;12-9-6-7-10-11(9)8-4-2-1-3-5-8/h3-8H,1-2H3;1-7,10H. The second kappa shape index (κ2) is 7.57. The molecule has 0 aliphatic carbocycles. The van der Waals surface area contributed by atoms with Gasteiger partial charge in [0.25, 0.3) is 11.1 Å². The van der Waals surface area contributed by atoms with Gasteiger partial charge in [-0.05, 0) is 31.2 Å². The van der Waals surface area contributed by atoms with Crippen molar-refractivity contribution in [3.63, 3.8) is 0 Å². The summed E-state index contributed by atoms with van der Waals surface area (Å²) in [6.45, 7) is 1.92. The smallest absolute Gasteiger partial charge is 0.271 e. The molecule has 0 aliphatic heterocycles. The molecule has 2 heterocycles. The van der Waals surface area contributed by atoms with E-state index in [9.17, 15) is 9.59 Å². The Morgan fingerprint density at radius 3 is 1.81 bits per heavy atom. The van der Waals surface area contributed by atoms with Gasteiger partial charge in [0.1, 0.15) is 0 Å². The lowest BCUT2D eigenvalue weighted by Crippen LogP contribution is -2.18. The van der Waals surface area contributed by atoms with Crippen molar-refractivity contribution in [3.05, 3.63) is 105 Å². The molecule has 4 aromatic rings. The van der Waals surface area contributed by atoms with Crippen LogP contribution in [0.15, 0.2) is 88.6 Å². The average molecular weight is 348 g/mol. The fraction of sp³-hybridized carbons (Fsp3) is 0.100. The van der Waals surface area contributed by atoms with Crippen LogP contribution in [0.5, 0.6) is 0 Å². The summed E-state index contributed by atoms with van der Waals surface area (Å²) in [7, 11) is 1.88. The van der Waals surface area contributed by atoms with Crippen molar-refractivity contribution < 1.29 is 0 Å². The molecule has 4 rings (SSSR count). The van der Waals surface area contributed by atoms with E-state index in [1.54, 1.807) is 16.9 Å². The van der Waals surface area contributed by atoms with Crippen molar-refractivity contribution in [3.8, 4) is 11.4 Å². The molecular formula is C20H20N4O2. The summed E-state index contributed by atoms with van der Waals surface area (Å²) < 4.78 is 4.98. The third-order valence-corrected chi connectivity index (χ3v) is 4.02. The van der Waals surface area contributed by atoms with E-state index in [-0.39, 0.29) is 11.1 Å². The van der Waals surface area contributed by atoms with E-state index in [2.05, 4.69) is 5.10 Å². The zero-order valence-electron chi connectivity index (χ0n) is 14.7. The number of nitrogens with zero attached hydrogens (tertiary/aromatic N) is 3. The zero-order chi connectivity index (χ0) is 18.5. The fourth-order valence-corrected chi connectivity index (χ4v) is 2.61. The molecule has 0 amide bonds. The minimum Gasteiger partial charge on any atom is -0.298 e. The maximum absolute atomic E-state index is 11.6. The molecule has 2 aromatic heterocycles. The van der Waals surface area contributed by atoms with Gasteiger partial charge in [-0.1, -0.05) is 36.4 Å². The minimum absolute atomic E-state index is 0.0104. The van der Waals surface area contributed by atoms with E-state index >= 15 is 0 Å². The van der Waals surface area contributed by atoms with E-state index in [4.69, 9.17) is 0 Å². The molecule has 2 aromatic carbocycles. The van der Waals surface area contributed by atoms with Crippen LogP contribution in [-0.2, 0) is 7.05 Å². The molecule has 26 heavy (non-hydrogen) atoms. The van der Waals surface area contributed by atoms with Crippen LogP contribution in [0.1, 0.15) is 5.69 Å². The lowest BCUT2D eigenvalue weighted by atomic mass is 10.3. The molecule has 0 bridgehead atoms. The van der Waals surface area contributed by atoms with Crippen molar-refractivity contribution >= 4 is 0 Å². The van der Waals surface area contributed by atoms with Crippen molar-refractivity contribution in [2.45, 2.75) is 6.92 Å². The number of aromatic amines is 1.